The standard InChI is InChI=1S/C16H21N5OS/c1-3-17-16(20-11-15-18-9-12(2)23-15)19-10-14(22)21-13-7-5-4-6-8-13/h4-9H,3,10-11H2,1-2H3,(H,21,22)(H2,17,19,20). The molecule has 0 aliphatic rings. The summed E-state index contributed by atoms with van der Waals surface area (Å²) < 4.78 is 0. The summed E-state index contributed by atoms with van der Waals surface area (Å²) in [6.07, 6.45) is 1.85. The summed E-state index contributed by atoms with van der Waals surface area (Å²) in [5.41, 5.74) is 0.768. The van der Waals surface area contributed by atoms with E-state index >= 15 is 0 Å². The lowest BCUT2D eigenvalue weighted by atomic mass is 10.3. The van der Waals surface area contributed by atoms with Crippen molar-refractivity contribution >= 4 is 28.9 Å². The van der Waals surface area contributed by atoms with E-state index in [2.05, 4.69) is 25.9 Å². The van der Waals surface area contributed by atoms with Crippen molar-refractivity contribution in [3.8, 4) is 0 Å². The van der Waals surface area contributed by atoms with Gasteiger partial charge in [0.1, 0.15) is 11.6 Å². The third kappa shape index (κ3) is 6.07. The van der Waals surface area contributed by atoms with Crippen LogP contribution in [0.4, 0.5) is 5.69 Å². The van der Waals surface area contributed by atoms with Crippen molar-refractivity contribution in [3.05, 3.63) is 46.4 Å². The van der Waals surface area contributed by atoms with Gasteiger partial charge in [-0.05, 0) is 26.0 Å². The minimum absolute atomic E-state index is 0.0567. The molecule has 1 amide bonds. The highest BCUT2D eigenvalue weighted by atomic mass is 32.1. The summed E-state index contributed by atoms with van der Waals surface area (Å²) in [6.45, 7) is 5.37. The number of aromatic nitrogens is 1. The summed E-state index contributed by atoms with van der Waals surface area (Å²) >= 11 is 1.64. The number of rotatable bonds is 6. The predicted molar refractivity (Wildman–Crippen MR) is 94.7 cm³/mol. The lowest BCUT2D eigenvalue weighted by molar-refractivity contribution is -0.114. The minimum atomic E-state index is -0.154. The van der Waals surface area contributed by atoms with Gasteiger partial charge in [-0.15, -0.1) is 11.3 Å². The SMILES string of the molecule is CCNC(=NCC(=O)Nc1ccccc1)NCc1ncc(C)s1. The van der Waals surface area contributed by atoms with Crippen LogP contribution < -0.4 is 16.0 Å². The highest BCUT2D eigenvalue weighted by Gasteiger charge is 2.04. The fourth-order valence-corrected chi connectivity index (χ4v) is 2.58. The van der Waals surface area contributed by atoms with E-state index in [-0.39, 0.29) is 12.5 Å². The number of thiazole rings is 1. The van der Waals surface area contributed by atoms with E-state index in [9.17, 15) is 4.79 Å². The highest BCUT2D eigenvalue weighted by Crippen LogP contribution is 2.10. The van der Waals surface area contributed by atoms with Gasteiger partial charge < -0.3 is 16.0 Å². The van der Waals surface area contributed by atoms with E-state index in [1.165, 1.54) is 4.88 Å². The Bertz CT molecular complexity index is 654. The number of aryl methyl sites for hydroxylation is 1. The number of benzene rings is 1. The minimum Gasteiger partial charge on any atom is -0.357 e. The molecular weight excluding hydrogens is 310 g/mol. The van der Waals surface area contributed by atoms with Crippen molar-refractivity contribution in [1.82, 2.24) is 15.6 Å². The maximum Gasteiger partial charge on any atom is 0.246 e. The molecule has 3 N–H and O–H groups in total. The van der Waals surface area contributed by atoms with Gasteiger partial charge in [0.25, 0.3) is 0 Å². The average molecular weight is 331 g/mol. The van der Waals surface area contributed by atoms with Gasteiger partial charge in [0.2, 0.25) is 5.91 Å². The third-order valence-corrected chi connectivity index (χ3v) is 3.77. The van der Waals surface area contributed by atoms with Crippen molar-refractivity contribution < 1.29 is 4.79 Å². The number of carbonyl (C=O) groups excluding carboxylic acids is 1. The maximum atomic E-state index is 11.9. The van der Waals surface area contributed by atoms with Gasteiger partial charge in [-0.25, -0.2) is 9.98 Å². The van der Waals surface area contributed by atoms with E-state index in [0.29, 0.717) is 12.5 Å². The Hall–Kier alpha value is -2.41. The number of hydrogen-bond donors (Lipinski definition) is 3. The number of nitrogens with zero attached hydrogens (tertiary/aromatic N) is 2. The zero-order valence-electron chi connectivity index (χ0n) is 13.3. The molecule has 0 unspecified atom stereocenters. The van der Waals surface area contributed by atoms with Crippen molar-refractivity contribution in [2.75, 3.05) is 18.4 Å². The van der Waals surface area contributed by atoms with E-state index in [1.807, 2.05) is 50.4 Å². The molecule has 0 saturated heterocycles. The van der Waals surface area contributed by atoms with Crippen LogP contribution in [0.3, 0.4) is 0 Å². The Morgan fingerprint density at radius 2 is 2.04 bits per heavy atom. The number of aliphatic imine (C=N–C) groups is 1. The Labute approximate surface area is 140 Å². The highest BCUT2D eigenvalue weighted by molar-refractivity contribution is 7.11. The molecule has 122 valence electrons. The second kappa shape index (κ2) is 8.89. The van der Waals surface area contributed by atoms with Crippen LogP contribution in [0.15, 0.2) is 41.5 Å². The molecule has 0 saturated carbocycles. The molecule has 2 rings (SSSR count). The molecule has 0 fully saturated rings. The van der Waals surface area contributed by atoms with Gasteiger partial charge in [-0.2, -0.15) is 0 Å². The van der Waals surface area contributed by atoms with Crippen molar-refractivity contribution in [2.24, 2.45) is 4.99 Å². The van der Waals surface area contributed by atoms with Crippen LogP contribution in [0.1, 0.15) is 16.8 Å². The number of amides is 1. The Kier molecular flexibility index (Phi) is 6.56. The van der Waals surface area contributed by atoms with Crippen molar-refractivity contribution in [2.45, 2.75) is 20.4 Å². The quantitative estimate of drug-likeness (QED) is 0.560. The molecule has 0 spiro atoms. The maximum absolute atomic E-state index is 11.9. The lowest BCUT2D eigenvalue weighted by Gasteiger charge is -2.10. The van der Waals surface area contributed by atoms with E-state index in [4.69, 9.17) is 0 Å². The lowest BCUT2D eigenvalue weighted by Crippen LogP contribution is -2.37. The largest absolute Gasteiger partial charge is 0.357 e. The zero-order valence-corrected chi connectivity index (χ0v) is 14.1. The summed E-state index contributed by atoms with van der Waals surface area (Å²) in [5, 5.41) is 10.1. The monoisotopic (exact) mass is 331 g/mol. The molecule has 0 radical (unpaired) electrons. The van der Waals surface area contributed by atoms with E-state index in [0.717, 1.165) is 17.2 Å². The van der Waals surface area contributed by atoms with Crippen LogP contribution in [0.25, 0.3) is 0 Å². The van der Waals surface area contributed by atoms with Gasteiger partial charge in [0.15, 0.2) is 5.96 Å². The molecule has 7 heteroatoms. The number of carbonyl (C=O) groups is 1. The molecule has 2 aromatic rings. The van der Waals surface area contributed by atoms with E-state index < -0.39 is 0 Å². The molecule has 23 heavy (non-hydrogen) atoms. The average Bonchev–Trinajstić information content (AvgIpc) is 2.96. The van der Waals surface area contributed by atoms with Crippen LogP contribution in [0, 0.1) is 6.92 Å². The predicted octanol–water partition coefficient (Wildman–Crippen LogP) is 2.15. The first-order chi connectivity index (χ1) is 11.2. The van der Waals surface area contributed by atoms with Gasteiger partial charge in [-0.1, -0.05) is 18.2 Å². The first-order valence-electron chi connectivity index (χ1n) is 7.45. The van der Waals surface area contributed by atoms with Crippen LogP contribution in [0.5, 0.6) is 0 Å². The second-order valence-corrected chi connectivity index (χ2v) is 6.15. The van der Waals surface area contributed by atoms with Gasteiger partial charge in [0, 0.05) is 23.3 Å². The molecular formula is C16H21N5OS. The zero-order chi connectivity index (χ0) is 16.5. The fraction of sp³-hybridized carbons (Fsp3) is 0.312. The summed E-state index contributed by atoms with van der Waals surface area (Å²) in [6, 6.07) is 9.34. The summed E-state index contributed by atoms with van der Waals surface area (Å²) in [5.74, 6) is 0.446. The molecule has 0 aliphatic carbocycles. The van der Waals surface area contributed by atoms with Gasteiger partial charge in [-0.3, -0.25) is 4.79 Å². The second-order valence-electron chi connectivity index (χ2n) is 4.83. The Morgan fingerprint density at radius 1 is 1.26 bits per heavy atom. The smallest absolute Gasteiger partial charge is 0.246 e. The molecule has 0 bridgehead atoms. The molecule has 1 heterocycles. The van der Waals surface area contributed by atoms with Crippen molar-refractivity contribution in [1.29, 1.82) is 0 Å². The number of para-hydroxylation sites is 1. The first-order valence-corrected chi connectivity index (χ1v) is 8.27. The summed E-state index contributed by atoms with van der Waals surface area (Å²) in [4.78, 5) is 21.7. The van der Waals surface area contributed by atoms with Crippen molar-refractivity contribution in [3.63, 3.8) is 0 Å². The fourth-order valence-electron chi connectivity index (χ4n) is 1.86. The van der Waals surface area contributed by atoms with Crippen LogP contribution in [-0.4, -0.2) is 29.9 Å². The van der Waals surface area contributed by atoms with Crippen LogP contribution in [0.2, 0.25) is 0 Å². The number of hydrogen-bond acceptors (Lipinski definition) is 4. The molecule has 0 atom stereocenters. The van der Waals surface area contributed by atoms with Gasteiger partial charge in [0.05, 0.1) is 6.54 Å². The number of guanidine groups is 1. The molecule has 0 aliphatic heterocycles. The first kappa shape index (κ1) is 17.0. The van der Waals surface area contributed by atoms with Gasteiger partial charge >= 0.3 is 0 Å². The van der Waals surface area contributed by atoms with Crippen LogP contribution in [-0.2, 0) is 11.3 Å². The normalized spacial score (nSPS) is 11.1. The summed E-state index contributed by atoms with van der Waals surface area (Å²) in [7, 11) is 0. The molecule has 6 nitrogen and oxygen atoms in total. The molecule has 1 aromatic carbocycles. The number of nitrogens with one attached hydrogen (secondary N) is 3. The van der Waals surface area contributed by atoms with Crippen LogP contribution >= 0.6 is 11.3 Å². The number of anilines is 1. The molecule has 1 aromatic heterocycles. The van der Waals surface area contributed by atoms with E-state index in [1.54, 1.807) is 11.3 Å². The third-order valence-electron chi connectivity index (χ3n) is 2.86. The topological polar surface area (TPSA) is 78.4 Å². The Morgan fingerprint density at radius 3 is 2.70 bits per heavy atom. The Balaban J connectivity index is 1.86.